The van der Waals surface area contributed by atoms with Gasteiger partial charge in [0.1, 0.15) is 0 Å². The molecule has 43 heavy (non-hydrogen) atoms. The van der Waals surface area contributed by atoms with Crippen LogP contribution in [0.1, 0.15) is 136 Å². The first-order chi connectivity index (χ1) is 20.8. The van der Waals surface area contributed by atoms with Crippen molar-refractivity contribution in [3.8, 4) is 5.69 Å². The predicted octanol–water partition coefficient (Wildman–Crippen LogP) is 10.9. The second kappa shape index (κ2) is 7.13. The van der Waals surface area contributed by atoms with E-state index in [0.29, 0.717) is 0 Å². The van der Waals surface area contributed by atoms with Gasteiger partial charge in [0, 0.05) is 16.5 Å². The van der Waals surface area contributed by atoms with Crippen LogP contribution >= 0.6 is 0 Å². The zero-order valence-electron chi connectivity index (χ0n) is 26.3. The Morgan fingerprint density at radius 1 is 0.535 bits per heavy atom. The van der Waals surface area contributed by atoms with Gasteiger partial charge in [-0.15, -0.1) is 0 Å². The normalized spacial score (nSPS) is 42.0. The summed E-state index contributed by atoms with van der Waals surface area (Å²) < 4.78 is 2.71. The molecule has 0 aliphatic heterocycles. The minimum Gasteiger partial charge on any atom is -0.309 e. The highest BCUT2D eigenvalue weighted by Gasteiger charge is 2.66. The molecule has 6 fully saturated rings. The molecule has 1 heterocycles. The van der Waals surface area contributed by atoms with Crippen LogP contribution in [0, 0.1) is 34.5 Å². The fourth-order valence-electron chi connectivity index (χ4n) is 14.3. The topological polar surface area (TPSA) is 4.93 Å². The van der Waals surface area contributed by atoms with Crippen molar-refractivity contribution >= 4 is 21.8 Å². The third-order valence-corrected chi connectivity index (χ3v) is 16.1. The quantitative estimate of drug-likeness (QED) is 0.217. The van der Waals surface area contributed by atoms with Crippen LogP contribution in [0.5, 0.6) is 0 Å². The van der Waals surface area contributed by atoms with E-state index in [9.17, 15) is 0 Å². The number of nitrogens with zero attached hydrogens (tertiary/aromatic N) is 1. The highest BCUT2D eigenvalue weighted by molar-refractivity contribution is 6.10. The van der Waals surface area contributed by atoms with Gasteiger partial charge in [-0.2, -0.15) is 0 Å². The SMILES string of the molecule is CC(C)(C)c1ccc(-n2c3cc4c(cc3c3cc5c(cc32)C2CC3CC6CC5CC63C2)C2CC3CC5CC4CC35C2)cc1. The van der Waals surface area contributed by atoms with Crippen LogP contribution < -0.4 is 0 Å². The average molecular weight is 564 g/mol. The summed E-state index contributed by atoms with van der Waals surface area (Å²) in [6.07, 6.45) is 14.9. The van der Waals surface area contributed by atoms with Gasteiger partial charge in [-0.3, -0.25) is 0 Å². The maximum absolute atomic E-state index is 2.76. The van der Waals surface area contributed by atoms with Crippen molar-refractivity contribution in [3.63, 3.8) is 0 Å². The van der Waals surface area contributed by atoms with Crippen molar-refractivity contribution in [1.82, 2.24) is 4.57 Å². The summed E-state index contributed by atoms with van der Waals surface area (Å²) in [5.74, 6) is 7.32. The Hall–Kier alpha value is -2.54. The maximum Gasteiger partial charge on any atom is 0.0544 e. The molecular formula is C42H45N. The molecule has 3 aromatic carbocycles. The van der Waals surface area contributed by atoms with Crippen LogP contribution in [-0.4, -0.2) is 4.57 Å². The highest BCUT2D eigenvalue weighted by Crippen LogP contribution is 2.77. The summed E-state index contributed by atoms with van der Waals surface area (Å²) in [7, 11) is 0. The molecule has 6 bridgehead atoms. The Balaban J connectivity index is 1.14. The lowest BCUT2D eigenvalue weighted by atomic mass is 9.56. The third-order valence-electron chi connectivity index (χ3n) is 16.1. The van der Waals surface area contributed by atoms with Gasteiger partial charge in [-0.1, -0.05) is 32.9 Å². The minimum absolute atomic E-state index is 0.171. The number of fused-ring (bicyclic) bond motifs is 13. The number of aromatic nitrogens is 1. The van der Waals surface area contributed by atoms with E-state index in [4.69, 9.17) is 0 Å². The summed E-state index contributed by atoms with van der Waals surface area (Å²) in [6.45, 7) is 7.02. The van der Waals surface area contributed by atoms with Crippen LogP contribution in [0.15, 0.2) is 48.5 Å². The second-order valence-electron chi connectivity index (χ2n) is 18.4. The van der Waals surface area contributed by atoms with Crippen molar-refractivity contribution in [2.75, 3.05) is 0 Å². The van der Waals surface area contributed by atoms with E-state index < -0.39 is 0 Å². The first-order valence-corrected chi connectivity index (χ1v) is 18.1. The lowest BCUT2D eigenvalue weighted by Crippen LogP contribution is -2.41. The molecule has 1 nitrogen and oxygen atoms in total. The molecule has 12 rings (SSSR count). The molecule has 10 unspecified atom stereocenters. The molecule has 0 saturated heterocycles. The maximum atomic E-state index is 2.76. The standard InChI is InChI=1S/C42H45N/c1-40(2,3)26-4-6-31(7-5-26)43-38-16-34-24-10-29-12-27-8-22(18-41(27,29)20-24)32(34)14-36(38)37-15-33-23-9-28-13-30-11-25(21-42(28,30)19-23)35(33)17-39(37)43/h4-7,14-17,22-25,27-30H,8-13,18-21H2,1-3H3. The molecule has 4 aromatic rings. The Morgan fingerprint density at radius 2 is 0.930 bits per heavy atom. The van der Waals surface area contributed by atoms with Crippen LogP contribution in [0.4, 0.5) is 0 Å². The molecule has 218 valence electrons. The molecular weight excluding hydrogens is 518 g/mol. The molecule has 10 atom stereocenters. The molecule has 1 aromatic heterocycles. The van der Waals surface area contributed by atoms with Gasteiger partial charge < -0.3 is 4.57 Å². The van der Waals surface area contributed by atoms with Crippen molar-refractivity contribution < 1.29 is 0 Å². The van der Waals surface area contributed by atoms with Gasteiger partial charge in [-0.05, 0) is 192 Å². The van der Waals surface area contributed by atoms with Gasteiger partial charge >= 0.3 is 0 Å². The van der Waals surface area contributed by atoms with Crippen molar-refractivity contribution in [2.45, 2.75) is 114 Å². The van der Waals surface area contributed by atoms with E-state index in [1.807, 2.05) is 0 Å². The van der Waals surface area contributed by atoms with Crippen LogP contribution in [0.2, 0.25) is 0 Å². The van der Waals surface area contributed by atoms with Crippen molar-refractivity contribution in [1.29, 1.82) is 0 Å². The molecule has 0 N–H and O–H groups in total. The second-order valence-corrected chi connectivity index (χ2v) is 18.4. The van der Waals surface area contributed by atoms with E-state index in [1.165, 1.54) is 86.5 Å². The number of hydrogen-bond acceptors (Lipinski definition) is 0. The van der Waals surface area contributed by atoms with Gasteiger partial charge in [0.15, 0.2) is 0 Å². The average Bonchev–Trinajstić information content (AvgIpc) is 3.69. The molecule has 8 aliphatic carbocycles. The van der Waals surface area contributed by atoms with Crippen LogP contribution in [0.3, 0.4) is 0 Å². The molecule has 2 spiro atoms. The zero-order chi connectivity index (χ0) is 28.2. The van der Waals surface area contributed by atoms with Crippen molar-refractivity contribution in [3.05, 3.63) is 76.3 Å². The first kappa shape index (κ1) is 23.8. The fraction of sp³-hybridized carbons (Fsp3) is 0.571. The Labute approximate surface area is 256 Å². The Morgan fingerprint density at radius 3 is 1.33 bits per heavy atom. The molecule has 8 aliphatic rings. The third kappa shape index (κ3) is 2.62. The van der Waals surface area contributed by atoms with Gasteiger partial charge in [0.25, 0.3) is 0 Å². The summed E-state index contributed by atoms with van der Waals surface area (Å²) in [6, 6.07) is 20.7. The Kier molecular flexibility index (Phi) is 3.95. The molecule has 1 heteroatoms. The molecule has 0 radical (unpaired) electrons. The van der Waals surface area contributed by atoms with E-state index in [2.05, 4.69) is 73.9 Å². The monoisotopic (exact) mass is 563 g/mol. The minimum atomic E-state index is 0.171. The predicted molar refractivity (Wildman–Crippen MR) is 175 cm³/mol. The summed E-state index contributed by atoms with van der Waals surface area (Å²) in [5.41, 5.74) is 14.4. The van der Waals surface area contributed by atoms with Gasteiger partial charge in [-0.25, -0.2) is 0 Å². The molecule has 6 saturated carbocycles. The summed E-state index contributed by atoms with van der Waals surface area (Å²) in [5, 5.41) is 3.10. The lowest BCUT2D eigenvalue weighted by molar-refractivity contribution is 0.00321. The highest BCUT2D eigenvalue weighted by atomic mass is 15.0. The van der Waals surface area contributed by atoms with E-state index >= 15 is 0 Å². The number of rotatable bonds is 1. The van der Waals surface area contributed by atoms with Crippen molar-refractivity contribution in [2.24, 2.45) is 34.5 Å². The molecule has 0 amide bonds. The van der Waals surface area contributed by atoms with E-state index in [0.717, 1.165) is 58.2 Å². The first-order valence-electron chi connectivity index (χ1n) is 18.1. The van der Waals surface area contributed by atoms with E-state index in [1.54, 1.807) is 33.0 Å². The van der Waals surface area contributed by atoms with Crippen LogP contribution in [-0.2, 0) is 5.41 Å². The lowest BCUT2D eigenvalue weighted by Gasteiger charge is -2.48. The fourth-order valence-corrected chi connectivity index (χ4v) is 14.3. The zero-order valence-corrected chi connectivity index (χ0v) is 26.3. The largest absolute Gasteiger partial charge is 0.309 e. The summed E-state index contributed by atoms with van der Waals surface area (Å²) >= 11 is 0. The number of benzene rings is 3. The number of hydrogen-bond donors (Lipinski definition) is 0. The smallest absolute Gasteiger partial charge is 0.0544 e. The summed E-state index contributed by atoms with van der Waals surface area (Å²) in [4.78, 5) is 0. The van der Waals surface area contributed by atoms with Gasteiger partial charge in [0.2, 0.25) is 0 Å². The van der Waals surface area contributed by atoms with E-state index in [-0.39, 0.29) is 5.41 Å². The Bertz CT molecular complexity index is 1820. The van der Waals surface area contributed by atoms with Gasteiger partial charge in [0.05, 0.1) is 11.0 Å². The van der Waals surface area contributed by atoms with Crippen LogP contribution in [0.25, 0.3) is 27.5 Å².